The van der Waals surface area contributed by atoms with Crippen molar-refractivity contribution in [3.8, 4) is 5.75 Å². The molecule has 8 heteroatoms. The van der Waals surface area contributed by atoms with Crippen molar-refractivity contribution in [2.75, 3.05) is 13.2 Å². The number of urea groups is 1. The normalized spacial score (nSPS) is 17.0. The zero-order valence-corrected chi connectivity index (χ0v) is 15.8. The summed E-state index contributed by atoms with van der Waals surface area (Å²) < 4.78 is 10.6. The average Bonchev–Trinajstić information content (AvgIpc) is 2.55. The summed E-state index contributed by atoms with van der Waals surface area (Å²) in [5.74, 6) is -0.136. The number of carbonyl (C=O) groups is 2. The maximum absolute atomic E-state index is 12.4. The van der Waals surface area contributed by atoms with E-state index in [1.807, 2.05) is 13.8 Å². The molecular weight excluding hydrogens is 367 g/mol. The molecule has 1 aliphatic rings. The summed E-state index contributed by atoms with van der Waals surface area (Å²) in [6.45, 7) is 6.07. The molecule has 1 aromatic carbocycles. The number of hydrogen-bond acceptors (Lipinski definition) is 4. The summed E-state index contributed by atoms with van der Waals surface area (Å²) in [4.78, 5) is 24.3. The smallest absolute Gasteiger partial charge is 0.338 e. The van der Waals surface area contributed by atoms with Crippen LogP contribution in [0.2, 0.25) is 10.0 Å². The molecule has 0 saturated carbocycles. The minimum absolute atomic E-state index is 0.293. The number of rotatable bonds is 6. The highest BCUT2D eigenvalue weighted by molar-refractivity contribution is 6.37. The third kappa shape index (κ3) is 4.38. The Morgan fingerprint density at radius 2 is 1.88 bits per heavy atom. The minimum Gasteiger partial charge on any atom is -0.491 e. The predicted molar refractivity (Wildman–Crippen MR) is 96.0 cm³/mol. The van der Waals surface area contributed by atoms with Gasteiger partial charge in [0.2, 0.25) is 0 Å². The molecule has 2 N–H and O–H groups in total. The average molecular weight is 387 g/mol. The van der Waals surface area contributed by atoms with E-state index in [9.17, 15) is 9.59 Å². The molecule has 1 heterocycles. The van der Waals surface area contributed by atoms with Crippen LogP contribution in [0.15, 0.2) is 23.4 Å². The fraction of sp³-hybridized carbons (Fsp3) is 0.412. The first-order valence-electron chi connectivity index (χ1n) is 7.96. The topological polar surface area (TPSA) is 76.7 Å². The Labute approximate surface area is 156 Å². The van der Waals surface area contributed by atoms with E-state index < -0.39 is 18.0 Å². The molecule has 0 spiro atoms. The highest BCUT2D eigenvalue weighted by atomic mass is 35.5. The van der Waals surface area contributed by atoms with E-state index in [-0.39, 0.29) is 0 Å². The zero-order chi connectivity index (χ0) is 18.6. The van der Waals surface area contributed by atoms with Crippen molar-refractivity contribution in [3.05, 3.63) is 39.0 Å². The molecule has 25 heavy (non-hydrogen) atoms. The van der Waals surface area contributed by atoms with Crippen LogP contribution in [-0.4, -0.2) is 25.2 Å². The van der Waals surface area contributed by atoms with Gasteiger partial charge in [-0.15, -0.1) is 0 Å². The van der Waals surface area contributed by atoms with Gasteiger partial charge in [-0.2, -0.15) is 0 Å². The molecule has 0 fully saturated rings. The Bertz CT molecular complexity index is 696. The number of nitrogens with one attached hydrogen (secondary N) is 2. The Morgan fingerprint density at radius 1 is 1.24 bits per heavy atom. The van der Waals surface area contributed by atoms with E-state index in [4.69, 9.17) is 32.7 Å². The van der Waals surface area contributed by atoms with E-state index >= 15 is 0 Å². The number of carbonyl (C=O) groups excluding carboxylic acids is 2. The molecule has 0 bridgehead atoms. The van der Waals surface area contributed by atoms with Gasteiger partial charge < -0.3 is 20.1 Å². The zero-order valence-electron chi connectivity index (χ0n) is 14.2. The molecular formula is C17H20Cl2N2O4. The van der Waals surface area contributed by atoms with Crippen molar-refractivity contribution in [2.45, 2.75) is 33.2 Å². The number of hydrogen-bond donors (Lipinski definition) is 2. The van der Waals surface area contributed by atoms with Gasteiger partial charge in [0, 0.05) is 5.70 Å². The molecule has 0 saturated heterocycles. The van der Waals surface area contributed by atoms with Crippen molar-refractivity contribution in [2.24, 2.45) is 0 Å². The molecule has 1 aliphatic heterocycles. The molecule has 2 amide bonds. The fourth-order valence-electron chi connectivity index (χ4n) is 2.52. The number of halogens is 2. The summed E-state index contributed by atoms with van der Waals surface area (Å²) in [5.41, 5.74) is 1.30. The molecule has 0 aliphatic carbocycles. The van der Waals surface area contributed by atoms with Gasteiger partial charge in [0.15, 0.2) is 5.75 Å². The van der Waals surface area contributed by atoms with Crippen LogP contribution in [0.25, 0.3) is 0 Å². The van der Waals surface area contributed by atoms with Crippen molar-refractivity contribution < 1.29 is 19.1 Å². The van der Waals surface area contributed by atoms with Crippen molar-refractivity contribution in [1.29, 1.82) is 0 Å². The molecule has 0 aromatic heterocycles. The van der Waals surface area contributed by atoms with E-state index in [1.165, 1.54) is 0 Å². The van der Waals surface area contributed by atoms with Gasteiger partial charge in [-0.25, -0.2) is 9.59 Å². The standard InChI is InChI=1S/C17H20Cl2N2O4/c1-4-6-25-16(22)13-9(3)20-17(23)21-14(13)10-7-11(18)15(24-5-2)12(19)8-10/h7-8,14H,4-6H2,1-3H3,(H2,20,21,23). The summed E-state index contributed by atoms with van der Waals surface area (Å²) in [5, 5.41) is 5.90. The largest absolute Gasteiger partial charge is 0.491 e. The summed E-state index contributed by atoms with van der Waals surface area (Å²) >= 11 is 12.5. The van der Waals surface area contributed by atoms with Crippen LogP contribution in [0.3, 0.4) is 0 Å². The lowest BCUT2D eigenvalue weighted by molar-refractivity contribution is -0.139. The van der Waals surface area contributed by atoms with Gasteiger partial charge in [-0.3, -0.25) is 0 Å². The lowest BCUT2D eigenvalue weighted by Gasteiger charge is -2.28. The van der Waals surface area contributed by atoms with Crippen LogP contribution in [0.1, 0.15) is 38.8 Å². The van der Waals surface area contributed by atoms with Gasteiger partial charge >= 0.3 is 12.0 Å². The highest BCUT2D eigenvalue weighted by Gasteiger charge is 2.33. The molecule has 1 aromatic rings. The van der Waals surface area contributed by atoms with Crippen LogP contribution < -0.4 is 15.4 Å². The first kappa shape index (κ1) is 19.4. The summed E-state index contributed by atoms with van der Waals surface area (Å²) in [6.07, 6.45) is 0.698. The van der Waals surface area contributed by atoms with Crippen molar-refractivity contribution in [3.63, 3.8) is 0 Å². The van der Waals surface area contributed by atoms with Gasteiger partial charge in [0.25, 0.3) is 0 Å². The monoisotopic (exact) mass is 386 g/mol. The minimum atomic E-state index is -0.719. The SMILES string of the molecule is CCCOC(=O)C1=C(C)NC(=O)NC1c1cc(Cl)c(OCC)c(Cl)c1. The third-order valence-electron chi connectivity index (χ3n) is 3.57. The van der Waals surface area contributed by atoms with Crippen molar-refractivity contribution in [1.82, 2.24) is 10.6 Å². The molecule has 1 atom stereocenters. The van der Waals surface area contributed by atoms with Crippen LogP contribution in [0.4, 0.5) is 4.79 Å². The summed E-state index contributed by atoms with van der Waals surface area (Å²) in [6, 6.07) is 2.10. The van der Waals surface area contributed by atoms with Crippen molar-refractivity contribution >= 4 is 35.2 Å². The van der Waals surface area contributed by atoms with Gasteiger partial charge in [0.1, 0.15) is 0 Å². The van der Waals surface area contributed by atoms with Gasteiger partial charge in [-0.05, 0) is 38.0 Å². The molecule has 6 nitrogen and oxygen atoms in total. The lowest BCUT2D eigenvalue weighted by Crippen LogP contribution is -2.45. The van der Waals surface area contributed by atoms with E-state index in [0.29, 0.717) is 52.3 Å². The van der Waals surface area contributed by atoms with Crippen LogP contribution in [0.5, 0.6) is 5.75 Å². The van der Waals surface area contributed by atoms with Crippen LogP contribution in [-0.2, 0) is 9.53 Å². The van der Waals surface area contributed by atoms with E-state index in [2.05, 4.69) is 10.6 Å². The number of allylic oxidation sites excluding steroid dienone is 1. The number of benzene rings is 1. The quantitative estimate of drug-likeness (QED) is 0.725. The first-order chi connectivity index (χ1) is 11.9. The second-order valence-corrected chi connectivity index (χ2v) is 6.27. The second kappa shape index (κ2) is 8.45. The van der Waals surface area contributed by atoms with Crippen LogP contribution in [0, 0.1) is 0 Å². The maximum atomic E-state index is 12.4. The molecule has 2 rings (SSSR count). The Morgan fingerprint density at radius 3 is 2.44 bits per heavy atom. The number of ether oxygens (including phenoxy) is 2. The summed E-state index contributed by atoms with van der Waals surface area (Å²) in [7, 11) is 0. The first-order valence-corrected chi connectivity index (χ1v) is 8.71. The molecule has 0 radical (unpaired) electrons. The third-order valence-corrected chi connectivity index (χ3v) is 4.13. The second-order valence-electron chi connectivity index (χ2n) is 5.45. The molecule has 136 valence electrons. The molecule has 1 unspecified atom stereocenters. The Balaban J connectivity index is 2.45. The number of amides is 2. The van der Waals surface area contributed by atoms with Gasteiger partial charge in [-0.1, -0.05) is 30.1 Å². The van der Waals surface area contributed by atoms with Gasteiger partial charge in [0.05, 0.1) is 34.9 Å². The highest BCUT2D eigenvalue weighted by Crippen LogP contribution is 2.38. The van der Waals surface area contributed by atoms with E-state index in [1.54, 1.807) is 19.1 Å². The number of esters is 1. The predicted octanol–water partition coefficient (Wildman–Crippen LogP) is 3.97. The Kier molecular flexibility index (Phi) is 6.56. The fourth-order valence-corrected chi connectivity index (χ4v) is 3.13. The Hall–Kier alpha value is -1.92. The maximum Gasteiger partial charge on any atom is 0.338 e. The van der Waals surface area contributed by atoms with Crippen LogP contribution >= 0.6 is 23.2 Å². The van der Waals surface area contributed by atoms with E-state index in [0.717, 1.165) is 0 Å². The lowest BCUT2D eigenvalue weighted by atomic mass is 9.95.